The summed E-state index contributed by atoms with van der Waals surface area (Å²) in [6.45, 7) is 6.32. The summed E-state index contributed by atoms with van der Waals surface area (Å²) in [6, 6.07) is 4.10. The second kappa shape index (κ2) is 3.46. The number of aromatic nitrogens is 2. The van der Waals surface area contributed by atoms with E-state index in [1.807, 2.05) is 6.07 Å². The van der Waals surface area contributed by atoms with Crippen LogP contribution in [0.3, 0.4) is 0 Å². The number of aryl methyl sites for hydroxylation is 1. The molecule has 11 heavy (non-hydrogen) atoms. The summed E-state index contributed by atoms with van der Waals surface area (Å²) in [5.74, 6) is 0.480. The lowest BCUT2D eigenvalue weighted by Crippen LogP contribution is -1.97. The topological polar surface area (TPSA) is 25.8 Å². The third-order valence-corrected chi connectivity index (χ3v) is 1.69. The zero-order chi connectivity index (χ0) is 8.27. The molecule has 0 radical (unpaired) electrons. The molecule has 0 aliphatic rings. The lowest BCUT2D eigenvalue weighted by molar-refractivity contribution is 0.768. The summed E-state index contributed by atoms with van der Waals surface area (Å²) in [5, 5.41) is 8.17. The maximum Gasteiger partial charge on any atom is 0.0656 e. The summed E-state index contributed by atoms with van der Waals surface area (Å²) in [4.78, 5) is 0. The molecule has 0 unspecified atom stereocenters. The highest BCUT2D eigenvalue weighted by atomic mass is 15.1. The standard InChI is InChI=1S/C9H14N2/c1-4-8-5-6-9(7(2)3)11-10-8/h5-7H,4H2,1-3H3. The lowest BCUT2D eigenvalue weighted by atomic mass is 10.1. The molecular formula is C9H14N2. The van der Waals surface area contributed by atoms with Gasteiger partial charge in [-0.05, 0) is 24.5 Å². The van der Waals surface area contributed by atoms with E-state index in [9.17, 15) is 0 Å². The Hall–Kier alpha value is -0.920. The smallest absolute Gasteiger partial charge is 0.0656 e. The Morgan fingerprint density at radius 3 is 2.36 bits per heavy atom. The highest BCUT2D eigenvalue weighted by Gasteiger charge is 1.99. The Kier molecular flexibility index (Phi) is 2.58. The molecule has 0 aromatic carbocycles. The molecule has 0 atom stereocenters. The second-order valence-electron chi connectivity index (χ2n) is 2.96. The van der Waals surface area contributed by atoms with Gasteiger partial charge >= 0.3 is 0 Å². The summed E-state index contributed by atoms with van der Waals surface area (Å²) in [6.07, 6.45) is 0.964. The lowest BCUT2D eigenvalue weighted by Gasteiger charge is -2.02. The van der Waals surface area contributed by atoms with E-state index in [1.165, 1.54) is 0 Å². The quantitative estimate of drug-likeness (QED) is 0.645. The zero-order valence-electron chi connectivity index (χ0n) is 7.33. The molecule has 1 rings (SSSR count). The van der Waals surface area contributed by atoms with Crippen LogP contribution in [-0.4, -0.2) is 10.2 Å². The van der Waals surface area contributed by atoms with E-state index in [1.54, 1.807) is 0 Å². The first-order valence-electron chi connectivity index (χ1n) is 4.06. The van der Waals surface area contributed by atoms with Crippen molar-refractivity contribution in [1.29, 1.82) is 0 Å². The summed E-state index contributed by atoms with van der Waals surface area (Å²) >= 11 is 0. The van der Waals surface area contributed by atoms with E-state index < -0.39 is 0 Å². The van der Waals surface area contributed by atoms with Crippen molar-refractivity contribution in [1.82, 2.24) is 10.2 Å². The van der Waals surface area contributed by atoms with Crippen LogP contribution < -0.4 is 0 Å². The number of hydrogen-bond acceptors (Lipinski definition) is 2. The van der Waals surface area contributed by atoms with Crippen molar-refractivity contribution in [3.05, 3.63) is 23.5 Å². The maximum atomic E-state index is 4.10. The molecule has 60 valence electrons. The van der Waals surface area contributed by atoms with Gasteiger partial charge in [-0.3, -0.25) is 0 Å². The van der Waals surface area contributed by atoms with Gasteiger partial charge in [0.1, 0.15) is 0 Å². The Bertz CT molecular complexity index is 214. The van der Waals surface area contributed by atoms with Crippen LogP contribution >= 0.6 is 0 Å². The summed E-state index contributed by atoms with van der Waals surface area (Å²) in [5.41, 5.74) is 2.14. The molecule has 0 spiro atoms. The SMILES string of the molecule is CCc1ccc(C(C)C)nn1. The van der Waals surface area contributed by atoms with Gasteiger partial charge in [-0.15, -0.1) is 0 Å². The fourth-order valence-electron chi connectivity index (χ4n) is 0.867. The molecule has 1 heterocycles. The highest BCUT2D eigenvalue weighted by Crippen LogP contribution is 2.09. The van der Waals surface area contributed by atoms with Gasteiger partial charge in [0, 0.05) is 0 Å². The Morgan fingerprint density at radius 1 is 1.27 bits per heavy atom. The maximum absolute atomic E-state index is 4.10. The van der Waals surface area contributed by atoms with Gasteiger partial charge in [0.2, 0.25) is 0 Å². The Balaban J connectivity index is 2.83. The summed E-state index contributed by atoms with van der Waals surface area (Å²) < 4.78 is 0. The Labute approximate surface area is 67.7 Å². The van der Waals surface area contributed by atoms with Gasteiger partial charge in [0.05, 0.1) is 11.4 Å². The van der Waals surface area contributed by atoms with Crippen LogP contribution in [0.1, 0.15) is 38.1 Å². The van der Waals surface area contributed by atoms with E-state index >= 15 is 0 Å². The van der Waals surface area contributed by atoms with Crippen molar-refractivity contribution in [2.75, 3.05) is 0 Å². The molecule has 0 N–H and O–H groups in total. The average molecular weight is 150 g/mol. The van der Waals surface area contributed by atoms with Crippen molar-refractivity contribution in [2.45, 2.75) is 33.1 Å². The fourth-order valence-corrected chi connectivity index (χ4v) is 0.867. The first-order chi connectivity index (χ1) is 5.24. The number of hydrogen-bond donors (Lipinski definition) is 0. The molecule has 2 nitrogen and oxygen atoms in total. The Morgan fingerprint density at radius 2 is 2.00 bits per heavy atom. The molecule has 2 heteroatoms. The van der Waals surface area contributed by atoms with E-state index in [2.05, 4.69) is 37.0 Å². The van der Waals surface area contributed by atoms with Crippen molar-refractivity contribution in [3.63, 3.8) is 0 Å². The van der Waals surface area contributed by atoms with Gasteiger partial charge in [-0.25, -0.2) is 0 Å². The molecule has 0 saturated carbocycles. The molecular weight excluding hydrogens is 136 g/mol. The largest absolute Gasteiger partial charge is 0.155 e. The van der Waals surface area contributed by atoms with Crippen molar-refractivity contribution < 1.29 is 0 Å². The minimum atomic E-state index is 0.480. The third-order valence-electron chi connectivity index (χ3n) is 1.69. The second-order valence-corrected chi connectivity index (χ2v) is 2.96. The minimum Gasteiger partial charge on any atom is -0.155 e. The van der Waals surface area contributed by atoms with Crippen molar-refractivity contribution in [3.8, 4) is 0 Å². The van der Waals surface area contributed by atoms with E-state index in [0.717, 1.165) is 17.8 Å². The molecule has 0 saturated heterocycles. The van der Waals surface area contributed by atoms with Gasteiger partial charge in [-0.2, -0.15) is 10.2 Å². The van der Waals surface area contributed by atoms with E-state index in [-0.39, 0.29) is 0 Å². The van der Waals surface area contributed by atoms with Gasteiger partial charge in [-0.1, -0.05) is 20.8 Å². The molecule has 0 bridgehead atoms. The van der Waals surface area contributed by atoms with Crippen LogP contribution in [0.25, 0.3) is 0 Å². The summed E-state index contributed by atoms with van der Waals surface area (Å²) in [7, 11) is 0. The zero-order valence-corrected chi connectivity index (χ0v) is 7.33. The fraction of sp³-hybridized carbons (Fsp3) is 0.556. The highest BCUT2D eigenvalue weighted by molar-refractivity contribution is 5.09. The normalized spacial score (nSPS) is 10.5. The van der Waals surface area contributed by atoms with Crippen LogP contribution in [0.15, 0.2) is 12.1 Å². The van der Waals surface area contributed by atoms with E-state index in [0.29, 0.717) is 5.92 Å². The van der Waals surface area contributed by atoms with Crippen LogP contribution in [-0.2, 0) is 6.42 Å². The van der Waals surface area contributed by atoms with Crippen LogP contribution in [0, 0.1) is 0 Å². The van der Waals surface area contributed by atoms with E-state index in [4.69, 9.17) is 0 Å². The van der Waals surface area contributed by atoms with Crippen molar-refractivity contribution >= 4 is 0 Å². The molecule has 0 aliphatic heterocycles. The average Bonchev–Trinajstić information content (AvgIpc) is 2.05. The van der Waals surface area contributed by atoms with Gasteiger partial charge < -0.3 is 0 Å². The first kappa shape index (κ1) is 8.18. The predicted molar refractivity (Wildman–Crippen MR) is 45.5 cm³/mol. The molecule has 0 amide bonds. The third kappa shape index (κ3) is 2.00. The van der Waals surface area contributed by atoms with Crippen LogP contribution in [0.5, 0.6) is 0 Å². The monoisotopic (exact) mass is 150 g/mol. The molecule has 0 fully saturated rings. The van der Waals surface area contributed by atoms with Crippen molar-refractivity contribution in [2.24, 2.45) is 0 Å². The molecule has 1 aromatic rings. The van der Waals surface area contributed by atoms with Gasteiger partial charge in [0.15, 0.2) is 0 Å². The molecule has 0 aliphatic carbocycles. The number of nitrogens with zero attached hydrogens (tertiary/aromatic N) is 2. The molecule has 1 aromatic heterocycles. The minimum absolute atomic E-state index is 0.480. The van der Waals surface area contributed by atoms with Gasteiger partial charge in [0.25, 0.3) is 0 Å². The predicted octanol–water partition coefficient (Wildman–Crippen LogP) is 2.16. The van der Waals surface area contributed by atoms with Crippen LogP contribution in [0.2, 0.25) is 0 Å². The van der Waals surface area contributed by atoms with Crippen LogP contribution in [0.4, 0.5) is 0 Å². The first-order valence-corrected chi connectivity index (χ1v) is 4.06. The number of rotatable bonds is 2.